The summed E-state index contributed by atoms with van der Waals surface area (Å²) in [5.74, 6) is 1.25. The Morgan fingerprint density at radius 2 is 1.73 bits per heavy atom. The smallest absolute Gasteiger partial charge is 0.222 e. The van der Waals surface area contributed by atoms with Gasteiger partial charge in [-0.15, -0.1) is 5.10 Å². The van der Waals surface area contributed by atoms with E-state index in [4.69, 9.17) is 9.73 Å². The molecule has 1 aromatic heterocycles. The number of aromatic nitrogens is 4. The molecule has 0 radical (unpaired) electrons. The molecule has 2 heterocycles. The van der Waals surface area contributed by atoms with Crippen molar-refractivity contribution in [3.63, 3.8) is 0 Å². The topological polar surface area (TPSA) is 65.2 Å². The zero-order chi connectivity index (χ0) is 18.3. The van der Waals surface area contributed by atoms with Crippen molar-refractivity contribution in [3.05, 3.63) is 71.0 Å². The van der Waals surface area contributed by atoms with E-state index in [9.17, 15) is 0 Å². The van der Waals surface area contributed by atoms with Crippen molar-refractivity contribution in [3.8, 4) is 0 Å². The molecule has 0 N–H and O–H groups in total. The predicted molar refractivity (Wildman–Crippen MR) is 99.6 cm³/mol. The Hall–Kier alpha value is -3.02. The van der Waals surface area contributed by atoms with Crippen LogP contribution < -0.4 is 0 Å². The maximum absolute atomic E-state index is 6.31. The average molecular weight is 347 g/mol. The van der Waals surface area contributed by atoms with E-state index >= 15 is 0 Å². The Kier molecular flexibility index (Phi) is 3.83. The molecule has 1 aliphatic rings. The summed E-state index contributed by atoms with van der Waals surface area (Å²) in [6, 6.07) is 16.1. The van der Waals surface area contributed by atoms with E-state index in [1.54, 1.807) is 0 Å². The first-order valence-corrected chi connectivity index (χ1v) is 8.63. The third-order valence-electron chi connectivity index (χ3n) is 4.33. The highest BCUT2D eigenvalue weighted by molar-refractivity contribution is 5.97. The van der Waals surface area contributed by atoms with Crippen LogP contribution in [0.5, 0.6) is 0 Å². The zero-order valence-electron chi connectivity index (χ0n) is 15.3. The van der Waals surface area contributed by atoms with Crippen molar-refractivity contribution < 1.29 is 4.74 Å². The summed E-state index contributed by atoms with van der Waals surface area (Å²) in [6.07, 6.45) is -0.408. The number of hydrogen-bond acceptors (Lipinski definition) is 5. The second-order valence-corrected chi connectivity index (χ2v) is 7.46. The molecule has 0 bridgehead atoms. The van der Waals surface area contributed by atoms with Gasteiger partial charge in [0.1, 0.15) is 0 Å². The molecule has 26 heavy (non-hydrogen) atoms. The molecular weight excluding hydrogens is 326 g/mol. The van der Waals surface area contributed by atoms with Gasteiger partial charge in [-0.1, -0.05) is 35.9 Å². The summed E-state index contributed by atoms with van der Waals surface area (Å²) >= 11 is 0. The SMILES string of the molecule is Cc1ccc(C2=Nc3ccccc3C(c3nnnn3C(C)(C)C)O2)cc1. The van der Waals surface area contributed by atoms with Crippen molar-refractivity contribution in [2.75, 3.05) is 0 Å². The van der Waals surface area contributed by atoms with Crippen LogP contribution in [-0.4, -0.2) is 26.1 Å². The second-order valence-electron chi connectivity index (χ2n) is 7.46. The van der Waals surface area contributed by atoms with Gasteiger partial charge in [-0.05, 0) is 56.3 Å². The number of hydrogen-bond donors (Lipinski definition) is 0. The lowest BCUT2D eigenvalue weighted by molar-refractivity contribution is 0.197. The van der Waals surface area contributed by atoms with E-state index < -0.39 is 6.10 Å². The highest BCUT2D eigenvalue weighted by Gasteiger charge is 2.33. The first-order valence-electron chi connectivity index (χ1n) is 8.63. The molecule has 1 atom stereocenters. The highest BCUT2D eigenvalue weighted by atomic mass is 16.5. The van der Waals surface area contributed by atoms with Gasteiger partial charge in [-0.25, -0.2) is 9.67 Å². The number of nitrogens with zero attached hydrogens (tertiary/aromatic N) is 5. The lowest BCUT2D eigenvalue weighted by atomic mass is 10.0. The van der Waals surface area contributed by atoms with Gasteiger partial charge >= 0.3 is 0 Å². The van der Waals surface area contributed by atoms with Gasteiger partial charge in [-0.2, -0.15) is 0 Å². The average Bonchev–Trinajstić information content (AvgIpc) is 3.11. The Labute approximate surface area is 152 Å². The highest BCUT2D eigenvalue weighted by Crippen LogP contribution is 2.38. The van der Waals surface area contributed by atoms with Gasteiger partial charge in [0, 0.05) is 11.1 Å². The van der Waals surface area contributed by atoms with Crippen molar-refractivity contribution in [1.29, 1.82) is 0 Å². The number of aryl methyl sites for hydroxylation is 1. The monoisotopic (exact) mass is 347 g/mol. The third kappa shape index (κ3) is 2.87. The quantitative estimate of drug-likeness (QED) is 0.704. The van der Waals surface area contributed by atoms with Crippen LogP contribution in [0.3, 0.4) is 0 Å². The maximum Gasteiger partial charge on any atom is 0.222 e. The Bertz CT molecular complexity index is 966. The van der Waals surface area contributed by atoms with Gasteiger partial charge in [0.05, 0.1) is 11.2 Å². The van der Waals surface area contributed by atoms with E-state index in [0.717, 1.165) is 16.8 Å². The largest absolute Gasteiger partial charge is 0.461 e. The molecular formula is C20H21N5O. The van der Waals surface area contributed by atoms with Crippen molar-refractivity contribution >= 4 is 11.6 Å². The molecule has 0 amide bonds. The molecule has 1 unspecified atom stereocenters. The van der Waals surface area contributed by atoms with Crippen molar-refractivity contribution in [1.82, 2.24) is 20.2 Å². The number of para-hydroxylation sites is 1. The molecule has 6 nitrogen and oxygen atoms in total. The summed E-state index contributed by atoms with van der Waals surface area (Å²) < 4.78 is 8.12. The fourth-order valence-corrected chi connectivity index (χ4v) is 2.98. The minimum Gasteiger partial charge on any atom is -0.461 e. The van der Waals surface area contributed by atoms with Gasteiger partial charge in [0.2, 0.25) is 5.90 Å². The molecule has 0 fully saturated rings. The number of aliphatic imine (C=N–C) groups is 1. The van der Waals surface area contributed by atoms with Crippen LogP contribution in [0.25, 0.3) is 0 Å². The van der Waals surface area contributed by atoms with Crippen LogP contribution in [0.1, 0.15) is 49.4 Å². The normalized spacial score (nSPS) is 16.6. The van der Waals surface area contributed by atoms with Crippen LogP contribution >= 0.6 is 0 Å². The van der Waals surface area contributed by atoms with Crippen LogP contribution in [0.4, 0.5) is 5.69 Å². The summed E-state index contributed by atoms with van der Waals surface area (Å²) in [5.41, 5.74) is 3.71. The predicted octanol–water partition coefficient (Wildman–Crippen LogP) is 3.93. The van der Waals surface area contributed by atoms with E-state index in [1.807, 2.05) is 41.1 Å². The van der Waals surface area contributed by atoms with Crippen LogP contribution in [0.15, 0.2) is 53.5 Å². The third-order valence-corrected chi connectivity index (χ3v) is 4.33. The van der Waals surface area contributed by atoms with Gasteiger partial charge in [0.25, 0.3) is 0 Å². The lowest BCUT2D eigenvalue weighted by Crippen LogP contribution is -2.29. The first kappa shape index (κ1) is 16.4. The maximum atomic E-state index is 6.31. The number of rotatable bonds is 2. The standard InChI is InChI=1S/C20H21N5O/c1-13-9-11-14(12-10-13)19-21-16-8-6-5-7-15(16)17(26-19)18-22-23-24-25(18)20(2,3)4/h5-12,17H,1-4H3. The number of benzene rings is 2. The minimum absolute atomic E-state index is 0.254. The number of tetrazole rings is 1. The summed E-state index contributed by atoms with van der Waals surface area (Å²) in [4.78, 5) is 4.71. The Morgan fingerprint density at radius 1 is 1.00 bits per heavy atom. The van der Waals surface area contributed by atoms with Gasteiger partial charge in [0.15, 0.2) is 11.9 Å². The van der Waals surface area contributed by atoms with E-state index in [-0.39, 0.29) is 5.54 Å². The molecule has 0 saturated heterocycles. The summed E-state index contributed by atoms with van der Waals surface area (Å²) in [5, 5.41) is 12.3. The lowest BCUT2D eigenvalue weighted by Gasteiger charge is -2.28. The first-order chi connectivity index (χ1) is 12.4. The van der Waals surface area contributed by atoms with E-state index in [1.165, 1.54) is 5.56 Å². The molecule has 3 aromatic rings. The molecule has 0 aliphatic carbocycles. The van der Waals surface area contributed by atoms with Crippen LogP contribution in [-0.2, 0) is 10.3 Å². The molecule has 6 heteroatoms. The molecule has 0 saturated carbocycles. The fourth-order valence-electron chi connectivity index (χ4n) is 2.98. The second kappa shape index (κ2) is 6.05. The van der Waals surface area contributed by atoms with E-state index in [0.29, 0.717) is 11.7 Å². The fraction of sp³-hybridized carbons (Fsp3) is 0.300. The molecule has 4 rings (SSSR count). The van der Waals surface area contributed by atoms with Gasteiger partial charge < -0.3 is 4.74 Å². The molecule has 1 aliphatic heterocycles. The van der Waals surface area contributed by atoms with Crippen molar-refractivity contribution in [2.45, 2.75) is 39.3 Å². The number of fused-ring (bicyclic) bond motifs is 1. The van der Waals surface area contributed by atoms with Gasteiger partial charge in [-0.3, -0.25) is 0 Å². The van der Waals surface area contributed by atoms with Crippen LogP contribution in [0.2, 0.25) is 0 Å². The molecule has 2 aromatic carbocycles. The number of ether oxygens (including phenoxy) is 1. The molecule has 0 spiro atoms. The molecule has 132 valence electrons. The van der Waals surface area contributed by atoms with Crippen molar-refractivity contribution in [2.24, 2.45) is 4.99 Å². The Morgan fingerprint density at radius 3 is 2.46 bits per heavy atom. The summed E-state index contributed by atoms with van der Waals surface area (Å²) in [6.45, 7) is 8.26. The van der Waals surface area contributed by atoms with E-state index in [2.05, 4.69) is 55.4 Å². The minimum atomic E-state index is -0.408. The van der Waals surface area contributed by atoms with Crippen LogP contribution in [0, 0.1) is 6.92 Å². The Balaban J connectivity index is 1.83. The zero-order valence-corrected chi connectivity index (χ0v) is 15.3. The summed E-state index contributed by atoms with van der Waals surface area (Å²) in [7, 11) is 0.